The molecule has 0 aromatic heterocycles. The molecule has 0 fully saturated rings. The van der Waals surface area contributed by atoms with E-state index in [0.717, 1.165) is 0 Å². The zero-order valence-corrected chi connectivity index (χ0v) is 16.1. The molecule has 1 atom stereocenters. The number of hydrogen-bond acceptors (Lipinski definition) is 4. The van der Waals surface area contributed by atoms with Gasteiger partial charge in [-0.15, -0.1) is 0 Å². The molecule has 0 aliphatic heterocycles. The molecule has 0 aliphatic carbocycles. The van der Waals surface area contributed by atoms with Crippen molar-refractivity contribution in [2.75, 3.05) is 19.0 Å². The number of carbonyl (C=O) groups excluding carboxylic acids is 2. The molecule has 2 rings (SSSR count). The van der Waals surface area contributed by atoms with Crippen LogP contribution in [0.5, 0.6) is 11.5 Å². The van der Waals surface area contributed by atoms with E-state index in [2.05, 4.69) is 10.6 Å². The Kier molecular flexibility index (Phi) is 7.23. The summed E-state index contributed by atoms with van der Waals surface area (Å²) in [7, 11) is 1.57. The van der Waals surface area contributed by atoms with Gasteiger partial charge in [0.25, 0.3) is 11.8 Å². The van der Waals surface area contributed by atoms with Crippen molar-refractivity contribution in [3.8, 4) is 11.5 Å². The lowest BCUT2D eigenvalue weighted by Crippen LogP contribution is -2.32. The van der Waals surface area contributed by atoms with Crippen molar-refractivity contribution in [3.05, 3.63) is 54.1 Å². The highest BCUT2D eigenvalue weighted by Gasteiger charge is 2.18. The largest absolute Gasteiger partial charge is 0.497 e. The Morgan fingerprint density at radius 3 is 2.41 bits per heavy atom. The Bertz CT molecular complexity index is 789. The summed E-state index contributed by atoms with van der Waals surface area (Å²) in [6.45, 7) is 6.25. The normalized spacial score (nSPS) is 11.6. The van der Waals surface area contributed by atoms with Crippen molar-refractivity contribution >= 4 is 17.5 Å². The van der Waals surface area contributed by atoms with Crippen LogP contribution in [0.1, 0.15) is 31.1 Å². The maximum Gasteiger partial charge on any atom is 0.265 e. The van der Waals surface area contributed by atoms with Gasteiger partial charge < -0.3 is 20.1 Å². The fourth-order valence-corrected chi connectivity index (χ4v) is 2.35. The molecule has 144 valence electrons. The van der Waals surface area contributed by atoms with E-state index in [-0.39, 0.29) is 11.8 Å². The highest BCUT2D eigenvalue weighted by atomic mass is 16.5. The van der Waals surface area contributed by atoms with Crippen LogP contribution >= 0.6 is 0 Å². The van der Waals surface area contributed by atoms with Crippen molar-refractivity contribution < 1.29 is 19.1 Å². The highest BCUT2D eigenvalue weighted by molar-refractivity contribution is 6.04. The van der Waals surface area contributed by atoms with Crippen molar-refractivity contribution in [3.63, 3.8) is 0 Å². The molecular formula is C21H26N2O4. The number of carbonyl (C=O) groups is 2. The van der Waals surface area contributed by atoms with Crippen LogP contribution in [0.3, 0.4) is 0 Å². The molecule has 2 aromatic carbocycles. The second kappa shape index (κ2) is 9.62. The molecule has 2 amide bonds. The smallest absolute Gasteiger partial charge is 0.265 e. The number of rotatable bonds is 8. The summed E-state index contributed by atoms with van der Waals surface area (Å²) < 4.78 is 10.8. The maximum atomic E-state index is 12.5. The third-order valence-corrected chi connectivity index (χ3v) is 3.82. The number of amides is 2. The van der Waals surface area contributed by atoms with Crippen molar-refractivity contribution in [2.45, 2.75) is 26.9 Å². The molecule has 0 saturated carbocycles. The van der Waals surface area contributed by atoms with Gasteiger partial charge in [0.15, 0.2) is 6.10 Å². The van der Waals surface area contributed by atoms with Crippen LogP contribution in [-0.2, 0) is 4.79 Å². The number of nitrogens with one attached hydrogen (secondary N) is 2. The van der Waals surface area contributed by atoms with Crippen LogP contribution in [0.4, 0.5) is 5.69 Å². The van der Waals surface area contributed by atoms with Gasteiger partial charge in [-0.05, 0) is 37.1 Å². The Hall–Kier alpha value is -3.02. The summed E-state index contributed by atoms with van der Waals surface area (Å²) in [5.74, 6) is 0.946. The van der Waals surface area contributed by atoms with Gasteiger partial charge in [-0.2, -0.15) is 0 Å². The first-order chi connectivity index (χ1) is 12.9. The summed E-state index contributed by atoms with van der Waals surface area (Å²) in [6, 6.07) is 13.9. The third kappa shape index (κ3) is 6.02. The second-order valence-electron chi connectivity index (χ2n) is 6.58. The average molecular weight is 370 g/mol. The Balaban J connectivity index is 2.05. The minimum absolute atomic E-state index is 0.221. The number of hydrogen-bond donors (Lipinski definition) is 2. The van der Waals surface area contributed by atoms with E-state index in [1.807, 2.05) is 13.8 Å². The van der Waals surface area contributed by atoms with Crippen molar-refractivity contribution in [1.29, 1.82) is 0 Å². The molecule has 0 spiro atoms. The molecule has 0 heterocycles. The molecular weight excluding hydrogens is 344 g/mol. The number of methoxy groups -OCH3 is 1. The molecule has 2 aromatic rings. The molecule has 0 radical (unpaired) electrons. The number of ether oxygens (including phenoxy) is 2. The first kappa shape index (κ1) is 20.3. The summed E-state index contributed by atoms with van der Waals surface area (Å²) in [4.78, 5) is 24.9. The van der Waals surface area contributed by atoms with Gasteiger partial charge in [0.05, 0.1) is 18.4 Å². The Morgan fingerprint density at radius 1 is 1.00 bits per heavy atom. The van der Waals surface area contributed by atoms with Gasteiger partial charge in [0.2, 0.25) is 0 Å². The van der Waals surface area contributed by atoms with Gasteiger partial charge >= 0.3 is 0 Å². The lowest BCUT2D eigenvalue weighted by molar-refractivity contribution is -0.122. The number of benzene rings is 2. The summed E-state index contributed by atoms with van der Waals surface area (Å²) in [5, 5.41) is 5.63. The molecule has 27 heavy (non-hydrogen) atoms. The summed E-state index contributed by atoms with van der Waals surface area (Å²) in [5.41, 5.74) is 0.866. The summed E-state index contributed by atoms with van der Waals surface area (Å²) in [6.07, 6.45) is -0.746. The lowest BCUT2D eigenvalue weighted by atomic mass is 10.1. The van der Waals surface area contributed by atoms with E-state index >= 15 is 0 Å². The fraction of sp³-hybridized carbons (Fsp3) is 0.333. The van der Waals surface area contributed by atoms with Crippen LogP contribution in [0.25, 0.3) is 0 Å². The predicted octanol–water partition coefficient (Wildman–Crippen LogP) is 3.49. The minimum atomic E-state index is -0.746. The highest BCUT2D eigenvalue weighted by Crippen LogP contribution is 2.21. The molecule has 0 aliphatic rings. The van der Waals surface area contributed by atoms with Crippen molar-refractivity contribution in [2.24, 2.45) is 5.92 Å². The molecule has 0 saturated heterocycles. The van der Waals surface area contributed by atoms with E-state index < -0.39 is 6.10 Å². The van der Waals surface area contributed by atoms with Gasteiger partial charge in [0, 0.05) is 12.6 Å². The van der Waals surface area contributed by atoms with E-state index in [1.165, 1.54) is 0 Å². The zero-order chi connectivity index (χ0) is 19.8. The summed E-state index contributed by atoms with van der Waals surface area (Å²) >= 11 is 0. The van der Waals surface area contributed by atoms with Crippen molar-refractivity contribution in [1.82, 2.24) is 5.32 Å². The molecule has 2 N–H and O–H groups in total. The van der Waals surface area contributed by atoms with E-state index in [4.69, 9.17) is 9.47 Å². The van der Waals surface area contributed by atoms with Crippen LogP contribution in [0.2, 0.25) is 0 Å². The van der Waals surface area contributed by atoms with E-state index in [0.29, 0.717) is 35.2 Å². The number of para-hydroxylation sites is 1. The molecule has 6 nitrogen and oxygen atoms in total. The minimum Gasteiger partial charge on any atom is -0.497 e. The van der Waals surface area contributed by atoms with Gasteiger partial charge in [-0.1, -0.05) is 32.0 Å². The van der Waals surface area contributed by atoms with Gasteiger partial charge in [-0.3, -0.25) is 9.59 Å². The molecule has 0 bridgehead atoms. The van der Waals surface area contributed by atoms with Crippen LogP contribution < -0.4 is 20.1 Å². The first-order valence-corrected chi connectivity index (χ1v) is 8.89. The quantitative estimate of drug-likeness (QED) is 0.746. The van der Waals surface area contributed by atoms with E-state index in [1.54, 1.807) is 62.6 Å². The van der Waals surface area contributed by atoms with Gasteiger partial charge in [-0.25, -0.2) is 0 Å². The second-order valence-corrected chi connectivity index (χ2v) is 6.58. The van der Waals surface area contributed by atoms with E-state index in [9.17, 15) is 9.59 Å². The Labute approximate surface area is 159 Å². The van der Waals surface area contributed by atoms with Crippen LogP contribution in [-0.4, -0.2) is 31.6 Å². The lowest BCUT2D eigenvalue weighted by Gasteiger charge is -2.17. The first-order valence-electron chi connectivity index (χ1n) is 8.89. The number of anilines is 1. The van der Waals surface area contributed by atoms with Crippen LogP contribution in [0.15, 0.2) is 48.5 Å². The molecule has 0 unspecified atom stereocenters. The SMILES string of the molecule is COc1cccc(O[C@H](C)C(=O)Nc2ccccc2C(=O)NCC(C)C)c1. The predicted molar refractivity (Wildman–Crippen MR) is 105 cm³/mol. The average Bonchev–Trinajstić information content (AvgIpc) is 2.66. The fourth-order valence-electron chi connectivity index (χ4n) is 2.35. The topological polar surface area (TPSA) is 76.7 Å². The van der Waals surface area contributed by atoms with Crippen LogP contribution in [0, 0.1) is 5.92 Å². The monoisotopic (exact) mass is 370 g/mol. The molecule has 6 heteroatoms. The Morgan fingerprint density at radius 2 is 1.70 bits per heavy atom. The maximum absolute atomic E-state index is 12.5. The standard InChI is InChI=1S/C21H26N2O4/c1-14(2)13-22-21(25)18-10-5-6-11-19(18)23-20(24)15(3)27-17-9-7-8-16(12-17)26-4/h5-12,14-15H,13H2,1-4H3,(H,22,25)(H,23,24)/t15-/m1/s1. The van der Waals surface area contributed by atoms with Gasteiger partial charge in [0.1, 0.15) is 11.5 Å². The zero-order valence-electron chi connectivity index (χ0n) is 16.1. The third-order valence-electron chi connectivity index (χ3n) is 3.82.